The molecule has 0 amide bonds. The summed E-state index contributed by atoms with van der Waals surface area (Å²) in [5, 5.41) is 20.2. The van der Waals surface area contributed by atoms with Crippen molar-refractivity contribution in [3.63, 3.8) is 0 Å². The molecule has 84 valence electrons. The molecule has 1 N–H and O–H groups in total. The van der Waals surface area contributed by atoms with E-state index in [0.29, 0.717) is 12.2 Å². The number of aromatic nitrogens is 4. The lowest BCUT2D eigenvalue weighted by Gasteiger charge is -2.17. The summed E-state index contributed by atoms with van der Waals surface area (Å²) in [5.41, 5.74) is 0. The highest BCUT2D eigenvalue weighted by Crippen LogP contribution is 2.18. The quantitative estimate of drug-likeness (QED) is 0.784. The van der Waals surface area contributed by atoms with Gasteiger partial charge in [-0.1, -0.05) is 20.8 Å². The first-order valence-corrected chi connectivity index (χ1v) is 5.07. The van der Waals surface area contributed by atoms with E-state index in [0.717, 1.165) is 6.42 Å². The molecule has 1 aromatic rings. The summed E-state index contributed by atoms with van der Waals surface area (Å²) in [6.45, 7) is 5.69. The smallest absolute Gasteiger partial charge is 0.328 e. The van der Waals surface area contributed by atoms with E-state index in [1.165, 1.54) is 4.68 Å². The van der Waals surface area contributed by atoms with Crippen molar-refractivity contribution in [2.24, 2.45) is 5.92 Å². The van der Waals surface area contributed by atoms with Crippen molar-refractivity contribution in [3.05, 3.63) is 5.82 Å². The zero-order valence-electron chi connectivity index (χ0n) is 9.21. The van der Waals surface area contributed by atoms with Crippen LogP contribution in [0.1, 0.15) is 39.1 Å². The molecule has 0 bridgehead atoms. The van der Waals surface area contributed by atoms with Crippen molar-refractivity contribution in [3.8, 4) is 0 Å². The first-order valence-electron chi connectivity index (χ1n) is 5.07. The highest BCUT2D eigenvalue weighted by Gasteiger charge is 2.27. The molecule has 1 unspecified atom stereocenters. The molecule has 15 heavy (non-hydrogen) atoms. The summed E-state index contributed by atoms with van der Waals surface area (Å²) in [4.78, 5) is 11.1. The lowest BCUT2D eigenvalue weighted by Crippen LogP contribution is -2.27. The van der Waals surface area contributed by atoms with Crippen LogP contribution < -0.4 is 0 Å². The number of carboxylic acids is 1. The molecule has 0 fully saturated rings. The number of hydrogen-bond donors (Lipinski definition) is 1. The van der Waals surface area contributed by atoms with Gasteiger partial charge in [-0.3, -0.25) is 0 Å². The van der Waals surface area contributed by atoms with E-state index in [9.17, 15) is 4.79 Å². The minimum Gasteiger partial charge on any atom is -0.480 e. The van der Waals surface area contributed by atoms with Crippen LogP contribution in [0.4, 0.5) is 0 Å². The Hall–Kier alpha value is -1.46. The molecule has 0 aromatic carbocycles. The summed E-state index contributed by atoms with van der Waals surface area (Å²) in [6, 6.07) is -0.679. The Morgan fingerprint density at radius 2 is 2.20 bits per heavy atom. The first-order chi connectivity index (χ1) is 7.07. The van der Waals surface area contributed by atoms with Gasteiger partial charge >= 0.3 is 5.97 Å². The minimum absolute atomic E-state index is 0.0402. The molecular weight excluding hydrogens is 196 g/mol. The number of carbonyl (C=O) groups is 1. The standard InChI is InChI=1S/C9H16N4O2/c1-4-5-7-10-11-12-13(7)8(6(2)3)9(14)15/h6,8H,4-5H2,1-3H3,(H,14,15). The van der Waals surface area contributed by atoms with Gasteiger partial charge < -0.3 is 5.11 Å². The average Bonchev–Trinajstić information content (AvgIpc) is 2.53. The van der Waals surface area contributed by atoms with E-state index in [2.05, 4.69) is 15.5 Å². The number of carboxylic acid groups (broad SMARTS) is 1. The Morgan fingerprint density at radius 1 is 1.53 bits per heavy atom. The number of aliphatic carboxylic acids is 1. The molecule has 1 heterocycles. The average molecular weight is 212 g/mol. The Morgan fingerprint density at radius 3 is 2.67 bits per heavy atom. The van der Waals surface area contributed by atoms with Crippen molar-refractivity contribution < 1.29 is 9.90 Å². The number of tetrazole rings is 1. The maximum Gasteiger partial charge on any atom is 0.328 e. The monoisotopic (exact) mass is 212 g/mol. The van der Waals surface area contributed by atoms with Crippen molar-refractivity contribution in [2.45, 2.75) is 39.7 Å². The molecule has 1 aromatic heterocycles. The largest absolute Gasteiger partial charge is 0.480 e. The topological polar surface area (TPSA) is 80.9 Å². The van der Waals surface area contributed by atoms with Crippen LogP contribution in [0.5, 0.6) is 0 Å². The predicted octanol–water partition coefficient (Wildman–Crippen LogP) is 0.907. The van der Waals surface area contributed by atoms with Gasteiger partial charge in [-0.15, -0.1) is 5.10 Å². The van der Waals surface area contributed by atoms with Gasteiger partial charge in [-0.05, 0) is 22.8 Å². The number of hydrogen-bond acceptors (Lipinski definition) is 4. The van der Waals surface area contributed by atoms with Gasteiger partial charge in [0.1, 0.15) is 0 Å². The van der Waals surface area contributed by atoms with E-state index < -0.39 is 12.0 Å². The van der Waals surface area contributed by atoms with Gasteiger partial charge in [-0.25, -0.2) is 9.48 Å². The highest BCUT2D eigenvalue weighted by atomic mass is 16.4. The van der Waals surface area contributed by atoms with E-state index in [1.807, 2.05) is 20.8 Å². The predicted molar refractivity (Wildman–Crippen MR) is 53.3 cm³/mol. The third kappa shape index (κ3) is 2.51. The van der Waals surface area contributed by atoms with E-state index in [1.54, 1.807) is 0 Å². The normalized spacial score (nSPS) is 13.1. The second kappa shape index (κ2) is 4.86. The van der Waals surface area contributed by atoms with Gasteiger partial charge in [0.15, 0.2) is 11.9 Å². The van der Waals surface area contributed by atoms with Crippen molar-refractivity contribution in [2.75, 3.05) is 0 Å². The lowest BCUT2D eigenvalue weighted by atomic mass is 10.0. The molecule has 6 nitrogen and oxygen atoms in total. The molecule has 0 aliphatic carbocycles. The van der Waals surface area contributed by atoms with Gasteiger partial charge in [0, 0.05) is 6.42 Å². The SMILES string of the molecule is CCCc1nnnn1C(C(=O)O)C(C)C. The van der Waals surface area contributed by atoms with Crippen LogP contribution in [0.2, 0.25) is 0 Å². The molecule has 1 rings (SSSR count). The Balaban J connectivity index is 3.00. The summed E-state index contributed by atoms with van der Waals surface area (Å²) in [6.07, 6.45) is 1.59. The molecular formula is C9H16N4O2. The Kier molecular flexibility index (Phi) is 3.76. The van der Waals surface area contributed by atoms with E-state index in [-0.39, 0.29) is 5.92 Å². The van der Waals surface area contributed by atoms with Crippen LogP contribution in [0.25, 0.3) is 0 Å². The second-order valence-corrected chi connectivity index (χ2v) is 3.82. The maximum atomic E-state index is 11.1. The highest BCUT2D eigenvalue weighted by molar-refractivity contribution is 5.72. The first kappa shape index (κ1) is 11.6. The molecule has 6 heteroatoms. The summed E-state index contributed by atoms with van der Waals surface area (Å²) in [5.74, 6) is -0.296. The summed E-state index contributed by atoms with van der Waals surface area (Å²) >= 11 is 0. The van der Waals surface area contributed by atoms with Crippen LogP contribution >= 0.6 is 0 Å². The minimum atomic E-state index is -0.894. The van der Waals surface area contributed by atoms with E-state index in [4.69, 9.17) is 5.11 Å². The Bertz CT molecular complexity index is 335. The zero-order chi connectivity index (χ0) is 11.4. The summed E-state index contributed by atoms with van der Waals surface area (Å²) < 4.78 is 1.41. The molecule has 0 aliphatic heterocycles. The molecule has 0 radical (unpaired) electrons. The van der Waals surface area contributed by atoms with Gasteiger partial charge in [0.2, 0.25) is 0 Å². The van der Waals surface area contributed by atoms with Crippen molar-refractivity contribution >= 4 is 5.97 Å². The number of aryl methyl sites for hydroxylation is 1. The fraction of sp³-hybridized carbons (Fsp3) is 0.778. The van der Waals surface area contributed by atoms with Gasteiger partial charge in [0.25, 0.3) is 0 Å². The van der Waals surface area contributed by atoms with Crippen molar-refractivity contribution in [1.82, 2.24) is 20.2 Å². The third-order valence-electron chi connectivity index (χ3n) is 2.18. The van der Waals surface area contributed by atoms with Gasteiger partial charge in [0.05, 0.1) is 0 Å². The maximum absolute atomic E-state index is 11.1. The van der Waals surface area contributed by atoms with Crippen LogP contribution in [0.15, 0.2) is 0 Å². The van der Waals surface area contributed by atoms with Gasteiger partial charge in [-0.2, -0.15) is 0 Å². The third-order valence-corrected chi connectivity index (χ3v) is 2.18. The molecule has 0 saturated carbocycles. The molecule has 1 atom stereocenters. The fourth-order valence-corrected chi connectivity index (χ4v) is 1.49. The Labute approximate surface area is 88.3 Å². The zero-order valence-corrected chi connectivity index (χ0v) is 9.21. The number of nitrogens with zero attached hydrogens (tertiary/aromatic N) is 4. The van der Waals surface area contributed by atoms with Crippen LogP contribution in [-0.2, 0) is 11.2 Å². The lowest BCUT2D eigenvalue weighted by molar-refractivity contribution is -0.142. The van der Waals surface area contributed by atoms with Crippen LogP contribution in [0, 0.1) is 5.92 Å². The second-order valence-electron chi connectivity index (χ2n) is 3.82. The van der Waals surface area contributed by atoms with Crippen LogP contribution in [-0.4, -0.2) is 31.3 Å². The number of rotatable bonds is 5. The summed E-state index contributed by atoms with van der Waals surface area (Å²) in [7, 11) is 0. The molecule has 0 saturated heterocycles. The van der Waals surface area contributed by atoms with Crippen molar-refractivity contribution in [1.29, 1.82) is 0 Å². The molecule has 0 aliphatic rings. The molecule has 0 spiro atoms. The fourth-order valence-electron chi connectivity index (χ4n) is 1.49. The van der Waals surface area contributed by atoms with Crippen LogP contribution in [0.3, 0.4) is 0 Å². The van der Waals surface area contributed by atoms with E-state index >= 15 is 0 Å².